The van der Waals surface area contributed by atoms with Crippen molar-refractivity contribution in [2.45, 2.75) is 6.42 Å². The molecule has 0 aliphatic carbocycles. The molecule has 0 heterocycles. The van der Waals surface area contributed by atoms with E-state index in [1.54, 1.807) is 0 Å². The Balaban J connectivity index is 4.61. The third kappa shape index (κ3) is 3.37. The summed E-state index contributed by atoms with van der Waals surface area (Å²) in [5.74, 6) is -7.17. The van der Waals surface area contributed by atoms with Gasteiger partial charge in [0, 0.05) is 17.9 Å². The molecule has 13 heavy (non-hydrogen) atoms. The normalized spacial score (nSPS) is 11.7. The number of carbonyl (C=O) groups is 3. The maximum absolute atomic E-state index is 10.2. The molecule has 6 heteroatoms. The van der Waals surface area contributed by atoms with Crippen molar-refractivity contribution in [1.29, 1.82) is 0 Å². The van der Waals surface area contributed by atoms with Crippen LogP contribution in [0, 0.1) is 5.92 Å². The molecule has 0 aromatic carbocycles. The lowest BCUT2D eigenvalue weighted by atomic mass is 9.97. The fraction of sp³-hybridized carbons (Fsp3) is 0.286. The lowest BCUT2D eigenvalue weighted by molar-refractivity contribution is -0.321. The van der Waals surface area contributed by atoms with E-state index in [4.69, 9.17) is 0 Å². The predicted octanol–water partition coefficient (Wildman–Crippen LogP) is -4.20. The van der Waals surface area contributed by atoms with Crippen molar-refractivity contribution < 1.29 is 29.7 Å². The molecular weight excluding hydrogens is 180 g/mol. The maximum atomic E-state index is 10.2. The average Bonchev–Trinajstić information content (AvgIpc) is 1.97. The molecule has 0 saturated carbocycles. The summed E-state index contributed by atoms with van der Waals surface area (Å²) in [5, 5.41) is 30.3. The van der Waals surface area contributed by atoms with Crippen molar-refractivity contribution in [2.75, 3.05) is 0 Å². The van der Waals surface area contributed by atoms with Crippen LogP contribution in [0.15, 0.2) is 12.2 Å². The molecule has 0 radical (unpaired) electrons. The first-order valence-electron chi connectivity index (χ1n) is 3.17. The average molecular weight is 185 g/mol. The highest BCUT2D eigenvalue weighted by Crippen LogP contribution is 2.11. The van der Waals surface area contributed by atoms with E-state index < -0.39 is 35.8 Å². The second-order valence-electron chi connectivity index (χ2n) is 2.26. The van der Waals surface area contributed by atoms with Crippen molar-refractivity contribution >= 4 is 17.9 Å². The van der Waals surface area contributed by atoms with Gasteiger partial charge in [-0.3, -0.25) is 0 Å². The number of aliphatic carboxylic acids is 3. The molecular formula is C7H5O6-3. The number of carbonyl (C=O) groups excluding carboxylic acids is 3. The highest BCUT2D eigenvalue weighted by Gasteiger charge is 2.14. The van der Waals surface area contributed by atoms with Crippen molar-refractivity contribution in [2.24, 2.45) is 5.92 Å². The van der Waals surface area contributed by atoms with Crippen LogP contribution in [0.3, 0.4) is 0 Å². The monoisotopic (exact) mass is 185 g/mol. The molecule has 0 bridgehead atoms. The van der Waals surface area contributed by atoms with Gasteiger partial charge in [0.1, 0.15) is 0 Å². The first-order chi connectivity index (χ1) is 5.86. The third-order valence-corrected chi connectivity index (χ3v) is 1.34. The molecule has 0 aliphatic rings. The Kier molecular flexibility index (Phi) is 3.64. The fourth-order valence-corrected chi connectivity index (χ4v) is 0.658. The predicted molar refractivity (Wildman–Crippen MR) is 32.3 cm³/mol. The third-order valence-electron chi connectivity index (χ3n) is 1.34. The Hall–Kier alpha value is -1.85. The van der Waals surface area contributed by atoms with Gasteiger partial charge < -0.3 is 29.7 Å². The zero-order chi connectivity index (χ0) is 10.6. The molecule has 0 rings (SSSR count). The summed E-state index contributed by atoms with van der Waals surface area (Å²) in [7, 11) is 0. The Morgan fingerprint density at radius 2 is 1.62 bits per heavy atom. The lowest BCUT2D eigenvalue weighted by Gasteiger charge is -2.21. The molecule has 0 saturated heterocycles. The minimum Gasteiger partial charge on any atom is -0.550 e. The van der Waals surface area contributed by atoms with E-state index in [1.807, 2.05) is 0 Å². The summed E-state index contributed by atoms with van der Waals surface area (Å²) >= 11 is 0. The van der Waals surface area contributed by atoms with Crippen molar-refractivity contribution in [3.8, 4) is 0 Å². The van der Waals surface area contributed by atoms with Gasteiger partial charge in [-0.25, -0.2) is 0 Å². The van der Waals surface area contributed by atoms with E-state index in [0.717, 1.165) is 0 Å². The molecule has 1 atom stereocenters. The first kappa shape index (κ1) is 11.2. The van der Waals surface area contributed by atoms with Crippen LogP contribution >= 0.6 is 0 Å². The quantitative estimate of drug-likeness (QED) is 0.400. The highest BCUT2D eigenvalue weighted by molar-refractivity contribution is 5.93. The zero-order valence-electron chi connectivity index (χ0n) is 6.44. The standard InChI is InChI=1S/C7H8O6/c1-3(6(10)11)4(7(12)13)2-5(8)9/h4H,1-2H2,(H,8,9)(H,10,11)(H,12,13)/p-3/t4-/m0/s1. The van der Waals surface area contributed by atoms with Gasteiger partial charge >= 0.3 is 0 Å². The van der Waals surface area contributed by atoms with Gasteiger partial charge in [-0.1, -0.05) is 6.58 Å². The van der Waals surface area contributed by atoms with Gasteiger partial charge in [0.25, 0.3) is 0 Å². The summed E-state index contributed by atoms with van der Waals surface area (Å²) in [4.78, 5) is 30.3. The van der Waals surface area contributed by atoms with Gasteiger partial charge in [-0.2, -0.15) is 0 Å². The van der Waals surface area contributed by atoms with Crippen LogP contribution in [0.5, 0.6) is 0 Å². The van der Waals surface area contributed by atoms with Crippen LogP contribution in [0.2, 0.25) is 0 Å². The molecule has 0 aliphatic heterocycles. The van der Waals surface area contributed by atoms with Crippen LogP contribution in [0.4, 0.5) is 0 Å². The number of carboxylic acid groups (broad SMARTS) is 3. The first-order valence-corrected chi connectivity index (χ1v) is 3.17. The van der Waals surface area contributed by atoms with E-state index >= 15 is 0 Å². The van der Waals surface area contributed by atoms with Crippen LogP contribution in [-0.4, -0.2) is 17.9 Å². The molecule has 0 amide bonds. The van der Waals surface area contributed by atoms with E-state index in [9.17, 15) is 29.7 Å². The number of hydrogen-bond acceptors (Lipinski definition) is 6. The van der Waals surface area contributed by atoms with E-state index in [1.165, 1.54) is 0 Å². The summed E-state index contributed by atoms with van der Waals surface area (Å²) < 4.78 is 0. The largest absolute Gasteiger partial charge is 0.550 e. The van der Waals surface area contributed by atoms with Crippen LogP contribution in [0.25, 0.3) is 0 Å². The van der Waals surface area contributed by atoms with Gasteiger partial charge in [0.2, 0.25) is 0 Å². The molecule has 72 valence electrons. The van der Waals surface area contributed by atoms with Crippen molar-refractivity contribution in [1.82, 2.24) is 0 Å². The molecule has 0 aromatic rings. The fourth-order valence-electron chi connectivity index (χ4n) is 0.658. The molecule has 0 spiro atoms. The maximum Gasteiger partial charge on any atom is 0.0675 e. The van der Waals surface area contributed by atoms with E-state index in [2.05, 4.69) is 6.58 Å². The summed E-state index contributed by atoms with van der Waals surface area (Å²) in [5.41, 5.74) is -0.843. The number of carboxylic acids is 3. The van der Waals surface area contributed by atoms with Crippen LogP contribution < -0.4 is 15.3 Å². The molecule has 0 N–H and O–H groups in total. The number of rotatable bonds is 5. The number of hydrogen-bond donors (Lipinski definition) is 0. The topological polar surface area (TPSA) is 120 Å². The second-order valence-corrected chi connectivity index (χ2v) is 2.26. The lowest BCUT2D eigenvalue weighted by Crippen LogP contribution is -2.41. The van der Waals surface area contributed by atoms with E-state index in [-0.39, 0.29) is 0 Å². The molecule has 0 unspecified atom stereocenters. The highest BCUT2D eigenvalue weighted by atomic mass is 16.4. The molecule has 0 fully saturated rings. The van der Waals surface area contributed by atoms with Crippen molar-refractivity contribution in [3.05, 3.63) is 12.2 Å². The summed E-state index contributed by atoms with van der Waals surface area (Å²) in [6, 6.07) is 0. The SMILES string of the molecule is C=C(C(=O)[O-])[C@H](CC(=O)[O-])C(=O)[O-]. The zero-order valence-corrected chi connectivity index (χ0v) is 6.44. The van der Waals surface area contributed by atoms with Gasteiger partial charge in [0.15, 0.2) is 0 Å². The second kappa shape index (κ2) is 4.24. The smallest absolute Gasteiger partial charge is 0.0675 e. The Labute approximate surface area is 73.1 Å². The minimum absolute atomic E-state index is 0.843. The van der Waals surface area contributed by atoms with Gasteiger partial charge in [-0.15, -0.1) is 0 Å². The Bertz CT molecular complexity index is 266. The Morgan fingerprint density at radius 3 is 1.85 bits per heavy atom. The van der Waals surface area contributed by atoms with Crippen LogP contribution in [0.1, 0.15) is 6.42 Å². The summed E-state index contributed by atoms with van der Waals surface area (Å²) in [6.45, 7) is 2.85. The van der Waals surface area contributed by atoms with Gasteiger partial charge in [0.05, 0.1) is 5.97 Å². The Morgan fingerprint density at radius 1 is 1.15 bits per heavy atom. The minimum atomic E-state index is -1.83. The van der Waals surface area contributed by atoms with Gasteiger partial charge in [-0.05, 0) is 12.0 Å². The molecule has 6 nitrogen and oxygen atoms in total. The van der Waals surface area contributed by atoms with Crippen LogP contribution in [-0.2, 0) is 14.4 Å². The van der Waals surface area contributed by atoms with Crippen molar-refractivity contribution in [3.63, 3.8) is 0 Å². The molecule has 0 aromatic heterocycles. The summed E-state index contributed by atoms with van der Waals surface area (Å²) in [6.07, 6.45) is -0.991. The van der Waals surface area contributed by atoms with E-state index in [0.29, 0.717) is 0 Å².